The lowest BCUT2D eigenvalue weighted by Crippen LogP contribution is -2.45. The monoisotopic (exact) mass is 297 g/mol. The van der Waals surface area contributed by atoms with Crippen molar-refractivity contribution in [3.63, 3.8) is 0 Å². The van der Waals surface area contributed by atoms with E-state index in [1.165, 1.54) is 0 Å². The number of carboxylic acid groups (broad SMARTS) is 1. The van der Waals surface area contributed by atoms with Crippen LogP contribution in [0.25, 0.3) is 0 Å². The molecule has 2 rings (SSSR count). The van der Waals surface area contributed by atoms with Crippen LogP contribution < -0.4 is 5.32 Å². The summed E-state index contributed by atoms with van der Waals surface area (Å²) in [5.41, 5.74) is 0. The van der Waals surface area contributed by atoms with Gasteiger partial charge in [-0.2, -0.15) is 0 Å². The van der Waals surface area contributed by atoms with Gasteiger partial charge < -0.3 is 20.2 Å². The molecule has 1 saturated carbocycles. The van der Waals surface area contributed by atoms with Crippen LogP contribution in [0.15, 0.2) is 0 Å². The van der Waals surface area contributed by atoms with E-state index in [1.807, 2.05) is 0 Å². The maximum atomic E-state index is 12.2. The molecule has 0 radical (unpaired) electrons. The topological polar surface area (TPSA) is 90.0 Å². The molecule has 1 heterocycles. The fourth-order valence-electron chi connectivity index (χ4n) is 3.04. The van der Waals surface area contributed by atoms with E-state index in [0.29, 0.717) is 39.0 Å². The van der Waals surface area contributed by atoms with Gasteiger partial charge in [-0.25, -0.2) is 4.79 Å². The summed E-state index contributed by atoms with van der Waals surface area (Å²) in [7, 11) is 0. The number of carbonyl (C=O) groups excluding carboxylic acids is 2. The van der Waals surface area contributed by atoms with Crippen molar-refractivity contribution in [3.05, 3.63) is 0 Å². The van der Waals surface area contributed by atoms with Crippen LogP contribution in [0.1, 0.15) is 32.6 Å². The fourth-order valence-corrected chi connectivity index (χ4v) is 3.04. The van der Waals surface area contributed by atoms with E-state index < -0.39 is 5.97 Å². The smallest absolute Gasteiger partial charge is 0.317 e. The van der Waals surface area contributed by atoms with Gasteiger partial charge in [0.25, 0.3) is 0 Å². The predicted molar refractivity (Wildman–Crippen MR) is 75.7 cm³/mol. The van der Waals surface area contributed by atoms with Crippen LogP contribution in [-0.4, -0.2) is 65.0 Å². The van der Waals surface area contributed by atoms with Gasteiger partial charge in [0.2, 0.25) is 5.91 Å². The third-order valence-corrected chi connectivity index (χ3v) is 4.34. The molecule has 0 unspecified atom stereocenters. The molecule has 2 N–H and O–H groups in total. The SMILES string of the molecule is CC(=O)N1CCCN(C(=O)N[C@H]2CC[C@@H](C(=O)O)C2)CC1. The van der Waals surface area contributed by atoms with E-state index in [0.717, 1.165) is 12.8 Å². The molecule has 7 nitrogen and oxygen atoms in total. The van der Waals surface area contributed by atoms with Gasteiger partial charge in [-0.1, -0.05) is 0 Å². The summed E-state index contributed by atoms with van der Waals surface area (Å²) in [5.74, 6) is -1.08. The summed E-state index contributed by atoms with van der Waals surface area (Å²) in [6, 6.07) is -0.192. The van der Waals surface area contributed by atoms with Gasteiger partial charge in [0.05, 0.1) is 5.92 Å². The van der Waals surface area contributed by atoms with Crippen molar-refractivity contribution in [2.75, 3.05) is 26.2 Å². The second kappa shape index (κ2) is 6.78. The number of rotatable bonds is 2. The minimum atomic E-state index is -0.779. The molecule has 2 atom stereocenters. The zero-order valence-electron chi connectivity index (χ0n) is 12.4. The molecular formula is C14H23N3O4. The molecule has 2 fully saturated rings. The first-order chi connectivity index (χ1) is 9.97. The summed E-state index contributed by atoms with van der Waals surface area (Å²) < 4.78 is 0. The Balaban J connectivity index is 1.81. The molecule has 1 aliphatic carbocycles. The summed E-state index contributed by atoms with van der Waals surface area (Å²) in [6.45, 7) is 3.94. The van der Waals surface area contributed by atoms with E-state index in [2.05, 4.69) is 5.32 Å². The number of carbonyl (C=O) groups is 3. The second-order valence-corrected chi connectivity index (χ2v) is 5.84. The molecule has 2 aliphatic rings. The van der Waals surface area contributed by atoms with Crippen molar-refractivity contribution in [2.24, 2.45) is 5.92 Å². The minimum absolute atomic E-state index is 0.0392. The molecule has 0 aromatic heterocycles. The quantitative estimate of drug-likeness (QED) is 0.777. The number of urea groups is 1. The van der Waals surface area contributed by atoms with Crippen molar-refractivity contribution < 1.29 is 19.5 Å². The molecule has 21 heavy (non-hydrogen) atoms. The highest BCUT2D eigenvalue weighted by Gasteiger charge is 2.31. The molecule has 0 bridgehead atoms. The molecular weight excluding hydrogens is 274 g/mol. The molecule has 1 saturated heterocycles. The normalized spacial score (nSPS) is 26.3. The number of hydrogen-bond acceptors (Lipinski definition) is 3. The molecule has 0 spiro atoms. The van der Waals surface area contributed by atoms with Gasteiger partial charge >= 0.3 is 12.0 Å². The molecule has 1 aliphatic heterocycles. The first kappa shape index (κ1) is 15.6. The van der Waals surface area contributed by atoms with Crippen molar-refractivity contribution in [1.29, 1.82) is 0 Å². The van der Waals surface area contributed by atoms with Crippen LogP contribution in [0.3, 0.4) is 0 Å². The maximum absolute atomic E-state index is 12.2. The number of aliphatic carboxylic acids is 1. The number of hydrogen-bond donors (Lipinski definition) is 2. The number of nitrogens with one attached hydrogen (secondary N) is 1. The Hall–Kier alpha value is -1.79. The van der Waals surface area contributed by atoms with Crippen LogP contribution in [0.5, 0.6) is 0 Å². The van der Waals surface area contributed by atoms with E-state index >= 15 is 0 Å². The van der Waals surface area contributed by atoms with Crippen molar-refractivity contribution in [3.8, 4) is 0 Å². The van der Waals surface area contributed by atoms with Gasteiger partial charge in [0, 0.05) is 39.1 Å². The van der Waals surface area contributed by atoms with Crippen LogP contribution in [0.2, 0.25) is 0 Å². The Morgan fingerprint density at radius 1 is 1.05 bits per heavy atom. The van der Waals surface area contributed by atoms with Crippen LogP contribution in [0.4, 0.5) is 4.79 Å². The Morgan fingerprint density at radius 3 is 2.33 bits per heavy atom. The average molecular weight is 297 g/mol. The molecule has 7 heteroatoms. The Morgan fingerprint density at radius 2 is 1.71 bits per heavy atom. The van der Waals surface area contributed by atoms with Crippen LogP contribution in [-0.2, 0) is 9.59 Å². The van der Waals surface area contributed by atoms with Crippen molar-refractivity contribution in [1.82, 2.24) is 15.1 Å². The zero-order chi connectivity index (χ0) is 15.4. The summed E-state index contributed by atoms with van der Waals surface area (Å²) >= 11 is 0. The summed E-state index contributed by atoms with van der Waals surface area (Å²) in [6.07, 6.45) is 2.62. The van der Waals surface area contributed by atoms with E-state index in [9.17, 15) is 14.4 Å². The highest BCUT2D eigenvalue weighted by atomic mass is 16.4. The third-order valence-electron chi connectivity index (χ3n) is 4.34. The second-order valence-electron chi connectivity index (χ2n) is 5.84. The largest absolute Gasteiger partial charge is 0.481 e. The van der Waals surface area contributed by atoms with Crippen LogP contribution in [0, 0.1) is 5.92 Å². The van der Waals surface area contributed by atoms with Gasteiger partial charge in [-0.05, 0) is 25.7 Å². The zero-order valence-corrected chi connectivity index (χ0v) is 12.4. The fraction of sp³-hybridized carbons (Fsp3) is 0.786. The van der Waals surface area contributed by atoms with E-state index in [1.54, 1.807) is 16.7 Å². The lowest BCUT2D eigenvalue weighted by Gasteiger charge is -2.24. The molecule has 0 aromatic rings. The van der Waals surface area contributed by atoms with Gasteiger partial charge in [-0.3, -0.25) is 9.59 Å². The third kappa shape index (κ3) is 4.09. The first-order valence-corrected chi connectivity index (χ1v) is 7.51. The average Bonchev–Trinajstić information content (AvgIpc) is 2.74. The molecule has 118 valence electrons. The summed E-state index contributed by atoms with van der Waals surface area (Å²) in [5, 5.41) is 11.9. The van der Waals surface area contributed by atoms with Crippen LogP contribution >= 0.6 is 0 Å². The lowest BCUT2D eigenvalue weighted by atomic mass is 10.1. The molecule has 0 aromatic carbocycles. The van der Waals surface area contributed by atoms with E-state index in [4.69, 9.17) is 5.11 Å². The first-order valence-electron chi connectivity index (χ1n) is 7.51. The van der Waals surface area contributed by atoms with Crippen molar-refractivity contribution in [2.45, 2.75) is 38.6 Å². The number of carboxylic acids is 1. The Labute approximate surface area is 124 Å². The summed E-state index contributed by atoms with van der Waals surface area (Å²) in [4.78, 5) is 38.0. The lowest BCUT2D eigenvalue weighted by molar-refractivity contribution is -0.141. The Kier molecular flexibility index (Phi) is 5.03. The van der Waals surface area contributed by atoms with E-state index in [-0.39, 0.29) is 23.9 Å². The highest BCUT2D eigenvalue weighted by molar-refractivity contribution is 5.76. The standard InChI is InChI=1S/C14H23N3O4/c1-10(18)16-5-2-6-17(8-7-16)14(21)15-12-4-3-11(9-12)13(19)20/h11-12H,2-9H2,1H3,(H,15,21)(H,19,20)/t11-,12+/m1/s1. The Bertz CT molecular complexity index is 426. The number of nitrogens with zero attached hydrogens (tertiary/aromatic N) is 2. The highest BCUT2D eigenvalue weighted by Crippen LogP contribution is 2.25. The predicted octanol–water partition coefficient (Wildman–Crippen LogP) is 0.504. The van der Waals surface area contributed by atoms with Gasteiger partial charge in [-0.15, -0.1) is 0 Å². The van der Waals surface area contributed by atoms with Crippen molar-refractivity contribution >= 4 is 17.9 Å². The van der Waals surface area contributed by atoms with Gasteiger partial charge in [0.1, 0.15) is 0 Å². The minimum Gasteiger partial charge on any atom is -0.481 e. The van der Waals surface area contributed by atoms with Gasteiger partial charge in [0.15, 0.2) is 0 Å². The maximum Gasteiger partial charge on any atom is 0.317 e. The number of amides is 3. The molecule has 3 amide bonds.